The van der Waals surface area contributed by atoms with Crippen molar-refractivity contribution in [3.05, 3.63) is 11.6 Å². The lowest BCUT2D eigenvalue weighted by Gasteiger charge is -2.06. The Hall–Kier alpha value is -1.65. The molecular formula is C15H25N3O2. The van der Waals surface area contributed by atoms with Gasteiger partial charge in [0.25, 0.3) is 0 Å². The molecule has 2 amide bonds. The standard InChI is InChI=1S/C15H25N3O2/c1-11(2)5-4-6-12(3)9-10-16-18-15(20)14(19)17-13-7-8-13/h5,10,12-13H,4,6-9H2,1-3H3,(H,17,19)(H,18,20)/b16-10-/t12-/m0/s1. The first-order chi connectivity index (χ1) is 9.49. The van der Waals surface area contributed by atoms with Crippen LogP contribution in [0.1, 0.15) is 52.9 Å². The van der Waals surface area contributed by atoms with Crippen LogP contribution in [0.2, 0.25) is 0 Å². The molecule has 1 atom stereocenters. The van der Waals surface area contributed by atoms with E-state index in [1.165, 1.54) is 5.57 Å². The first-order valence-electron chi connectivity index (χ1n) is 7.24. The van der Waals surface area contributed by atoms with Crippen LogP contribution in [0.5, 0.6) is 0 Å². The van der Waals surface area contributed by atoms with Gasteiger partial charge in [-0.3, -0.25) is 9.59 Å². The monoisotopic (exact) mass is 279 g/mol. The number of carbonyl (C=O) groups is 2. The van der Waals surface area contributed by atoms with Gasteiger partial charge in [-0.2, -0.15) is 5.10 Å². The van der Waals surface area contributed by atoms with Gasteiger partial charge in [-0.15, -0.1) is 0 Å². The molecule has 0 radical (unpaired) electrons. The SMILES string of the molecule is CC(C)=CCC[C@H](C)C/C=N\NC(=O)C(=O)NC1CC1. The number of nitrogens with zero attached hydrogens (tertiary/aromatic N) is 1. The van der Waals surface area contributed by atoms with Gasteiger partial charge in [0, 0.05) is 12.3 Å². The number of hydrazone groups is 1. The number of rotatable bonds is 7. The van der Waals surface area contributed by atoms with E-state index in [2.05, 4.69) is 42.7 Å². The summed E-state index contributed by atoms with van der Waals surface area (Å²) in [6.45, 7) is 6.33. The molecule has 0 spiro atoms. The van der Waals surface area contributed by atoms with Crippen molar-refractivity contribution in [2.75, 3.05) is 0 Å². The smallest absolute Gasteiger partial charge is 0.329 e. The van der Waals surface area contributed by atoms with Crippen LogP contribution in [0.25, 0.3) is 0 Å². The zero-order valence-corrected chi connectivity index (χ0v) is 12.6. The fraction of sp³-hybridized carbons (Fsp3) is 0.667. The largest absolute Gasteiger partial charge is 0.345 e. The zero-order valence-electron chi connectivity index (χ0n) is 12.6. The van der Waals surface area contributed by atoms with Crippen molar-refractivity contribution in [3.63, 3.8) is 0 Å². The van der Waals surface area contributed by atoms with Crippen LogP contribution in [0, 0.1) is 5.92 Å². The van der Waals surface area contributed by atoms with E-state index >= 15 is 0 Å². The quantitative estimate of drug-likeness (QED) is 0.324. The zero-order chi connectivity index (χ0) is 15.0. The molecule has 0 aromatic heterocycles. The van der Waals surface area contributed by atoms with E-state index < -0.39 is 11.8 Å². The molecular weight excluding hydrogens is 254 g/mol. The van der Waals surface area contributed by atoms with Crippen LogP contribution >= 0.6 is 0 Å². The van der Waals surface area contributed by atoms with Crippen molar-refractivity contribution in [1.82, 2.24) is 10.7 Å². The van der Waals surface area contributed by atoms with Gasteiger partial charge in [-0.05, 0) is 51.9 Å². The Morgan fingerprint density at radius 1 is 1.30 bits per heavy atom. The predicted molar refractivity (Wildman–Crippen MR) is 80.2 cm³/mol. The normalized spacial score (nSPS) is 15.8. The summed E-state index contributed by atoms with van der Waals surface area (Å²) >= 11 is 0. The Morgan fingerprint density at radius 2 is 2.00 bits per heavy atom. The molecule has 1 aliphatic carbocycles. The summed E-state index contributed by atoms with van der Waals surface area (Å²) in [6.07, 6.45) is 8.76. The van der Waals surface area contributed by atoms with Crippen LogP contribution in [-0.4, -0.2) is 24.1 Å². The topological polar surface area (TPSA) is 70.6 Å². The average molecular weight is 279 g/mol. The minimum Gasteiger partial charge on any atom is -0.345 e. The summed E-state index contributed by atoms with van der Waals surface area (Å²) in [5, 5.41) is 6.41. The van der Waals surface area contributed by atoms with Crippen LogP contribution in [0.4, 0.5) is 0 Å². The Labute approximate surface area is 120 Å². The molecule has 2 N–H and O–H groups in total. The highest BCUT2D eigenvalue weighted by Gasteiger charge is 2.26. The summed E-state index contributed by atoms with van der Waals surface area (Å²) in [5.74, 6) is -0.779. The Bertz CT molecular complexity index is 394. The summed E-state index contributed by atoms with van der Waals surface area (Å²) in [5.41, 5.74) is 3.58. The average Bonchev–Trinajstić information content (AvgIpc) is 3.17. The van der Waals surface area contributed by atoms with E-state index in [9.17, 15) is 9.59 Å². The predicted octanol–water partition coefficient (Wildman–Crippen LogP) is 2.14. The van der Waals surface area contributed by atoms with E-state index in [0.29, 0.717) is 5.92 Å². The Balaban J connectivity index is 2.12. The van der Waals surface area contributed by atoms with Gasteiger partial charge in [0.1, 0.15) is 0 Å². The van der Waals surface area contributed by atoms with Gasteiger partial charge in [0.05, 0.1) is 0 Å². The summed E-state index contributed by atoms with van der Waals surface area (Å²) < 4.78 is 0. The second-order valence-corrected chi connectivity index (χ2v) is 5.70. The van der Waals surface area contributed by atoms with Crippen molar-refractivity contribution in [2.45, 2.75) is 58.9 Å². The van der Waals surface area contributed by atoms with Crippen LogP contribution in [0.15, 0.2) is 16.8 Å². The number of amides is 2. The minimum atomic E-state index is -0.689. The van der Waals surface area contributed by atoms with E-state index in [-0.39, 0.29) is 6.04 Å². The molecule has 5 nitrogen and oxygen atoms in total. The lowest BCUT2D eigenvalue weighted by molar-refractivity contribution is -0.139. The van der Waals surface area contributed by atoms with Crippen molar-refractivity contribution in [3.8, 4) is 0 Å². The molecule has 0 bridgehead atoms. The van der Waals surface area contributed by atoms with Crippen molar-refractivity contribution >= 4 is 18.0 Å². The fourth-order valence-electron chi connectivity index (χ4n) is 1.64. The number of nitrogens with one attached hydrogen (secondary N) is 2. The summed E-state index contributed by atoms with van der Waals surface area (Å²) in [4.78, 5) is 22.7. The molecule has 0 saturated heterocycles. The third-order valence-electron chi connectivity index (χ3n) is 3.10. The first kappa shape index (κ1) is 16.4. The van der Waals surface area contributed by atoms with Gasteiger partial charge in [0.2, 0.25) is 0 Å². The van der Waals surface area contributed by atoms with Gasteiger partial charge in [-0.1, -0.05) is 18.6 Å². The molecule has 0 unspecified atom stereocenters. The fourth-order valence-corrected chi connectivity index (χ4v) is 1.64. The Kier molecular flexibility index (Phi) is 6.98. The maximum Gasteiger partial charge on any atom is 0.329 e. The number of hydrogen-bond acceptors (Lipinski definition) is 3. The number of allylic oxidation sites excluding steroid dienone is 2. The van der Waals surface area contributed by atoms with E-state index in [0.717, 1.165) is 32.1 Å². The molecule has 1 fully saturated rings. The van der Waals surface area contributed by atoms with Gasteiger partial charge >= 0.3 is 11.8 Å². The van der Waals surface area contributed by atoms with Crippen LogP contribution < -0.4 is 10.7 Å². The maximum absolute atomic E-state index is 11.4. The molecule has 0 aliphatic heterocycles. The van der Waals surface area contributed by atoms with Gasteiger partial charge < -0.3 is 5.32 Å². The molecule has 5 heteroatoms. The molecule has 112 valence electrons. The Morgan fingerprint density at radius 3 is 2.60 bits per heavy atom. The number of hydrogen-bond donors (Lipinski definition) is 2. The van der Waals surface area contributed by atoms with E-state index in [1.807, 2.05) is 0 Å². The van der Waals surface area contributed by atoms with E-state index in [4.69, 9.17) is 0 Å². The lowest BCUT2D eigenvalue weighted by atomic mass is 10.0. The highest BCUT2D eigenvalue weighted by molar-refractivity contribution is 6.35. The summed E-state index contributed by atoms with van der Waals surface area (Å²) in [6, 6.07) is 0.187. The third-order valence-corrected chi connectivity index (χ3v) is 3.10. The van der Waals surface area contributed by atoms with Crippen molar-refractivity contribution < 1.29 is 9.59 Å². The highest BCUT2D eigenvalue weighted by Crippen LogP contribution is 2.18. The van der Waals surface area contributed by atoms with Gasteiger partial charge in [-0.25, -0.2) is 5.43 Å². The first-order valence-corrected chi connectivity index (χ1v) is 7.24. The molecule has 20 heavy (non-hydrogen) atoms. The molecule has 1 rings (SSSR count). The molecule has 0 aromatic carbocycles. The molecule has 1 saturated carbocycles. The van der Waals surface area contributed by atoms with Crippen LogP contribution in [-0.2, 0) is 9.59 Å². The van der Waals surface area contributed by atoms with Gasteiger partial charge in [0.15, 0.2) is 0 Å². The summed E-state index contributed by atoms with van der Waals surface area (Å²) in [7, 11) is 0. The van der Waals surface area contributed by atoms with Crippen molar-refractivity contribution in [1.29, 1.82) is 0 Å². The van der Waals surface area contributed by atoms with Crippen LogP contribution in [0.3, 0.4) is 0 Å². The minimum absolute atomic E-state index is 0.187. The second kappa shape index (κ2) is 8.51. The lowest BCUT2D eigenvalue weighted by Crippen LogP contribution is -2.38. The van der Waals surface area contributed by atoms with E-state index in [1.54, 1.807) is 6.21 Å². The maximum atomic E-state index is 11.4. The molecule has 1 aliphatic rings. The highest BCUT2D eigenvalue weighted by atomic mass is 16.2. The molecule has 0 heterocycles. The second-order valence-electron chi connectivity index (χ2n) is 5.70. The number of carbonyl (C=O) groups excluding carboxylic acids is 2. The van der Waals surface area contributed by atoms with Crippen molar-refractivity contribution in [2.24, 2.45) is 11.0 Å². The third kappa shape index (κ3) is 7.71. The molecule has 0 aromatic rings.